The van der Waals surface area contributed by atoms with Crippen LogP contribution in [0.15, 0.2) is 53.6 Å². The third-order valence-electron chi connectivity index (χ3n) is 2.45. The first-order valence-corrected chi connectivity index (χ1v) is 5.98. The SMILES string of the molecule is Nc1ccc(C(=O)N/N=C/c2ccccc2Cl)cc1. The van der Waals surface area contributed by atoms with Crippen molar-refractivity contribution in [2.75, 3.05) is 5.73 Å². The number of nitrogens with one attached hydrogen (secondary N) is 1. The molecule has 96 valence electrons. The second-order valence-electron chi connectivity index (χ2n) is 3.84. The van der Waals surface area contributed by atoms with Crippen LogP contribution in [-0.2, 0) is 0 Å². The predicted molar refractivity (Wildman–Crippen MR) is 77.4 cm³/mol. The highest BCUT2D eigenvalue weighted by atomic mass is 35.5. The fourth-order valence-electron chi connectivity index (χ4n) is 1.44. The lowest BCUT2D eigenvalue weighted by molar-refractivity contribution is 0.0955. The van der Waals surface area contributed by atoms with E-state index in [1.54, 1.807) is 36.4 Å². The Labute approximate surface area is 115 Å². The lowest BCUT2D eigenvalue weighted by atomic mass is 10.2. The van der Waals surface area contributed by atoms with Gasteiger partial charge >= 0.3 is 0 Å². The zero-order valence-electron chi connectivity index (χ0n) is 10.0. The maximum atomic E-state index is 11.7. The van der Waals surface area contributed by atoms with Crippen molar-refractivity contribution in [2.24, 2.45) is 5.10 Å². The molecule has 1 amide bonds. The molecule has 0 bridgehead atoms. The van der Waals surface area contributed by atoms with Gasteiger partial charge < -0.3 is 5.73 Å². The monoisotopic (exact) mass is 273 g/mol. The largest absolute Gasteiger partial charge is 0.399 e. The van der Waals surface area contributed by atoms with Crippen molar-refractivity contribution in [3.05, 3.63) is 64.7 Å². The number of benzene rings is 2. The zero-order chi connectivity index (χ0) is 13.7. The van der Waals surface area contributed by atoms with Crippen molar-refractivity contribution in [1.29, 1.82) is 0 Å². The van der Waals surface area contributed by atoms with Crippen LogP contribution in [0.4, 0.5) is 5.69 Å². The molecule has 0 saturated carbocycles. The van der Waals surface area contributed by atoms with E-state index in [1.165, 1.54) is 6.21 Å². The van der Waals surface area contributed by atoms with Crippen molar-refractivity contribution in [2.45, 2.75) is 0 Å². The van der Waals surface area contributed by atoms with Crippen LogP contribution in [0, 0.1) is 0 Å². The summed E-state index contributed by atoms with van der Waals surface area (Å²) in [6.45, 7) is 0. The van der Waals surface area contributed by atoms with Crippen LogP contribution >= 0.6 is 11.6 Å². The molecule has 0 saturated heterocycles. The van der Waals surface area contributed by atoms with Crippen LogP contribution in [0.25, 0.3) is 0 Å². The highest BCUT2D eigenvalue weighted by molar-refractivity contribution is 6.33. The first kappa shape index (κ1) is 13.1. The summed E-state index contributed by atoms with van der Waals surface area (Å²) in [7, 11) is 0. The van der Waals surface area contributed by atoms with Gasteiger partial charge in [-0.15, -0.1) is 0 Å². The second-order valence-corrected chi connectivity index (χ2v) is 4.25. The predicted octanol–water partition coefficient (Wildman–Crippen LogP) is 2.69. The fourth-order valence-corrected chi connectivity index (χ4v) is 1.62. The average molecular weight is 274 g/mol. The van der Waals surface area contributed by atoms with Gasteiger partial charge in [0.1, 0.15) is 0 Å². The molecule has 0 atom stereocenters. The first-order valence-electron chi connectivity index (χ1n) is 5.60. The Bertz CT molecular complexity index is 608. The van der Waals surface area contributed by atoms with Gasteiger partial charge in [0.05, 0.1) is 6.21 Å². The van der Waals surface area contributed by atoms with Crippen LogP contribution in [0.3, 0.4) is 0 Å². The van der Waals surface area contributed by atoms with Crippen LogP contribution in [0.1, 0.15) is 15.9 Å². The second kappa shape index (κ2) is 6.02. The molecule has 2 aromatic carbocycles. The summed E-state index contributed by atoms with van der Waals surface area (Å²) in [5.74, 6) is -0.302. The number of carbonyl (C=O) groups excluding carboxylic acids is 1. The Hall–Kier alpha value is -2.33. The topological polar surface area (TPSA) is 67.5 Å². The van der Waals surface area contributed by atoms with Gasteiger partial charge in [0.15, 0.2) is 0 Å². The highest BCUT2D eigenvalue weighted by Gasteiger charge is 2.02. The number of hydrazone groups is 1. The van der Waals surface area contributed by atoms with Crippen LogP contribution < -0.4 is 11.2 Å². The van der Waals surface area contributed by atoms with Gasteiger partial charge in [0.2, 0.25) is 0 Å². The van der Waals surface area contributed by atoms with Crippen LogP contribution in [-0.4, -0.2) is 12.1 Å². The summed E-state index contributed by atoms with van der Waals surface area (Å²) in [6, 6.07) is 13.8. The molecule has 0 spiro atoms. The van der Waals surface area contributed by atoms with Gasteiger partial charge in [-0.2, -0.15) is 5.10 Å². The zero-order valence-corrected chi connectivity index (χ0v) is 10.8. The van der Waals surface area contributed by atoms with Gasteiger partial charge in [-0.25, -0.2) is 5.43 Å². The normalized spacial score (nSPS) is 10.6. The summed E-state index contributed by atoms with van der Waals surface area (Å²) in [5, 5.41) is 4.44. The van der Waals surface area contributed by atoms with Gasteiger partial charge in [0, 0.05) is 21.8 Å². The average Bonchev–Trinajstić information content (AvgIpc) is 2.41. The van der Waals surface area contributed by atoms with E-state index in [-0.39, 0.29) is 5.91 Å². The third kappa shape index (κ3) is 3.56. The van der Waals surface area contributed by atoms with Gasteiger partial charge in [-0.1, -0.05) is 29.8 Å². The van der Waals surface area contributed by atoms with Gasteiger partial charge in [-0.3, -0.25) is 4.79 Å². The molecule has 0 aromatic heterocycles. The number of halogens is 1. The molecule has 0 aliphatic rings. The smallest absolute Gasteiger partial charge is 0.271 e. The molecule has 3 N–H and O–H groups in total. The van der Waals surface area contributed by atoms with E-state index >= 15 is 0 Å². The quantitative estimate of drug-likeness (QED) is 0.513. The summed E-state index contributed by atoms with van der Waals surface area (Å²) in [4.78, 5) is 11.7. The molecule has 5 heteroatoms. The summed E-state index contributed by atoms with van der Waals surface area (Å²) >= 11 is 5.96. The number of amides is 1. The minimum Gasteiger partial charge on any atom is -0.399 e. The van der Waals surface area contributed by atoms with Crippen molar-refractivity contribution in [3.8, 4) is 0 Å². The van der Waals surface area contributed by atoms with Gasteiger partial charge in [-0.05, 0) is 30.3 Å². The van der Waals surface area contributed by atoms with E-state index in [9.17, 15) is 4.79 Å². The fraction of sp³-hybridized carbons (Fsp3) is 0. The Morgan fingerprint density at radius 3 is 2.53 bits per heavy atom. The molecule has 0 aliphatic carbocycles. The van der Waals surface area contributed by atoms with Crippen molar-refractivity contribution >= 4 is 29.4 Å². The standard InChI is InChI=1S/C14H12ClN3O/c15-13-4-2-1-3-11(13)9-17-18-14(19)10-5-7-12(16)8-6-10/h1-9H,16H2,(H,18,19)/b17-9+. The molecule has 0 aliphatic heterocycles. The molecule has 2 rings (SSSR count). The summed E-state index contributed by atoms with van der Waals surface area (Å²) in [6.07, 6.45) is 1.50. The number of rotatable bonds is 3. The van der Waals surface area contributed by atoms with Crippen molar-refractivity contribution in [3.63, 3.8) is 0 Å². The number of nitrogens with two attached hydrogens (primary N) is 1. The molecular formula is C14H12ClN3O. The van der Waals surface area contributed by atoms with E-state index in [4.69, 9.17) is 17.3 Å². The molecule has 4 nitrogen and oxygen atoms in total. The maximum Gasteiger partial charge on any atom is 0.271 e. The number of hydrogen-bond acceptors (Lipinski definition) is 3. The van der Waals surface area contributed by atoms with E-state index in [2.05, 4.69) is 10.5 Å². The molecular weight excluding hydrogens is 262 g/mol. The molecule has 0 heterocycles. The molecule has 0 fully saturated rings. The minimum absolute atomic E-state index is 0.302. The van der Waals surface area contributed by atoms with Gasteiger partial charge in [0.25, 0.3) is 5.91 Å². The number of nitrogen functional groups attached to an aromatic ring is 1. The van der Waals surface area contributed by atoms with E-state index in [1.807, 2.05) is 12.1 Å². The molecule has 2 aromatic rings. The van der Waals surface area contributed by atoms with Crippen molar-refractivity contribution in [1.82, 2.24) is 5.43 Å². The lowest BCUT2D eigenvalue weighted by Gasteiger charge is -2.00. The Kier molecular flexibility index (Phi) is 4.15. The van der Waals surface area contributed by atoms with E-state index in [0.29, 0.717) is 16.3 Å². The Balaban J connectivity index is 2.01. The maximum absolute atomic E-state index is 11.7. The lowest BCUT2D eigenvalue weighted by Crippen LogP contribution is -2.17. The number of hydrogen-bond donors (Lipinski definition) is 2. The summed E-state index contributed by atoms with van der Waals surface area (Å²) < 4.78 is 0. The number of anilines is 1. The highest BCUT2D eigenvalue weighted by Crippen LogP contribution is 2.12. The molecule has 0 unspecified atom stereocenters. The van der Waals surface area contributed by atoms with Crippen molar-refractivity contribution < 1.29 is 4.79 Å². The number of carbonyl (C=O) groups is 1. The molecule has 19 heavy (non-hydrogen) atoms. The minimum atomic E-state index is -0.302. The number of nitrogens with zero attached hydrogens (tertiary/aromatic N) is 1. The van der Waals surface area contributed by atoms with E-state index in [0.717, 1.165) is 5.56 Å². The summed E-state index contributed by atoms with van der Waals surface area (Å²) in [5.41, 5.74) is 9.81. The van der Waals surface area contributed by atoms with E-state index < -0.39 is 0 Å². The first-order chi connectivity index (χ1) is 9.16. The van der Waals surface area contributed by atoms with Crippen LogP contribution in [0.5, 0.6) is 0 Å². The Morgan fingerprint density at radius 1 is 1.16 bits per heavy atom. The molecule has 0 radical (unpaired) electrons. The third-order valence-corrected chi connectivity index (χ3v) is 2.79. The van der Waals surface area contributed by atoms with Crippen LogP contribution in [0.2, 0.25) is 5.02 Å². The Morgan fingerprint density at radius 2 is 1.84 bits per heavy atom.